The Morgan fingerprint density at radius 2 is 2.10 bits per heavy atom. The van der Waals surface area contributed by atoms with E-state index in [1.54, 1.807) is 0 Å². The van der Waals surface area contributed by atoms with Crippen LogP contribution < -0.4 is 11.1 Å². The van der Waals surface area contributed by atoms with Gasteiger partial charge in [0.25, 0.3) is 0 Å². The van der Waals surface area contributed by atoms with Gasteiger partial charge in [0.1, 0.15) is 6.54 Å². The van der Waals surface area contributed by atoms with E-state index in [0.29, 0.717) is 13.1 Å². The molecule has 1 aromatic heterocycles. The summed E-state index contributed by atoms with van der Waals surface area (Å²) in [6.45, 7) is 6.98. The van der Waals surface area contributed by atoms with E-state index in [-0.39, 0.29) is 11.4 Å². The summed E-state index contributed by atoms with van der Waals surface area (Å²) < 4.78 is 1.97. The minimum absolute atomic E-state index is 0.0347. The highest BCUT2D eigenvalue weighted by Gasteiger charge is 2.18. The molecular formula is C16H23N3O. The third-order valence-electron chi connectivity index (χ3n) is 3.80. The first-order valence-corrected chi connectivity index (χ1v) is 7.04. The number of benzene rings is 1. The molecule has 3 N–H and O–H groups in total. The molecule has 1 heterocycles. The molecule has 4 nitrogen and oxygen atoms in total. The maximum absolute atomic E-state index is 12.1. The summed E-state index contributed by atoms with van der Waals surface area (Å²) in [6, 6.07) is 8.05. The topological polar surface area (TPSA) is 60.0 Å². The van der Waals surface area contributed by atoms with Crippen LogP contribution in [0.15, 0.2) is 30.5 Å². The standard InChI is InChI=1S/C16H23N3O/c1-4-16(2,3)18-15(20)11-19-9-8-13-12(10-17)6-5-7-14(13)19/h5-9H,4,10-11,17H2,1-3H3,(H,18,20). The van der Waals surface area contributed by atoms with Gasteiger partial charge >= 0.3 is 0 Å². The SMILES string of the molecule is CCC(C)(C)NC(=O)Cn1ccc2c(CN)cccc21. The Morgan fingerprint density at radius 3 is 2.75 bits per heavy atom. The number of carbonyl (C=O) groups excluding carboxylic acids is 1. The van der Waals surface area contributed by atoms with Crippen molar-refractivity contribution in [1.29, 1.82) is 0 Å². The van der Waals surface area contributed by atoms with Crippen molar-refractivity contribution in [2.45, 2.75) is 45.8 Å². The Labute approximate surface area is 120 Å². The minimum atomic E-state index is -0.164. The number of hydrogen-bond acceptors (Lipinski definition) is 2. The van der Waals surface area contributed by atoms with Crippen molar-refractivity contribution in [3.63, 3.8) is 0 Å². The van der Waals surface area contributed by atoms with Gasteiger partial charge in [-0.05, 0) is 38.0 Å². The molecule has 0 spiro atoms. The van der Waals surface area contributed by atoms with E-state index in [0.717, 1.165) is 22.9 Å². The number of carbonyl (C=O) groups is 1. The molecule has 0 aliphatic rings. The molecule has 0 aliphatic carbocycles. The second kappa shape index (κ2) is 5.67. The molecule has 0 atom stereocenters. The third kappa shape index (κ3) is 3.02. The highest BCUT2D eigenvalue weighted by molar-refractivity contribution is 5.86. The molecule has 4 heteroatoms. The summed E-state index contributed by atoms with van der Waals surface area (Å²) in [6.07, 6.45) is 2.85. The molecule has 1 aromatic carbocycles. The smallest absolute Gasteiger partial charge is 0.240 e. The van der Waals surface area contributed by atoms with Gasteiger partial charge in [-0.1, -0.05) is 19.1 Å². The zero-order chi connectivity index (χ0) is 14.8. The van der Waals surface area contributed by atoms with E-state index >= 15 is 0 Å². The molecule has 2 rings (SSSR count). The van der Waals surface area contributed by atoms with Crippen molar-refractivity contribution in [2.75, 3.05) is 0 Å². The van der Waals surface area contributed by atoms with Crippen molar-refractivity contribution in [3.05, 3.63) is 36.0 Å². The fourth-order valence-electron chi connectivity index (χ4n) is 2.26. The summed E-state index contributed by atoms with van der Waals surface area (Å²) in [4.78, 5) is 12.1. The van der Waals surface area contributed by atoms with Gasteiger partial charge in [-0.25, -0.2) is 0 Å². The summed E-state index contributed by atoms with van der Waals surface area (Å²) in [5, 5.41) is 4.18. The van der Waals surface area contributed by atoms with Gasteiger partial charge in [0.05, 0.1) is 0 Å². The Bertz CT molecular complexity index is 613. The van der Waals surface area contributed by atoms with Crippen LogP contribution in [0.4, 0.5) is 0 Å². The summed E-state index contributed by atoms with van der Waals surface area (Å²) in [7, 11) is 0. The fourth-order valence-corrected chi connectivity index (χ4v) is 2.26. The predicted octanol–water partition coefficient (Wildman–Crippen LogP) is 2.40. The van der Waals surface area contributed by atoms with Crippen LogP contribution in [0.2, 0.25) is 0 Å². The van der Waals surface area contributed by atoms with E-state index in [4.69, 9.17) is 5.73 Å². The Hall–Kier alpha value is -1.81. The lowest BCUT2D eigenvalue weighted by molar-refractivity contribution is -0.123. The van der Waals surface area contributed by atoms with Crippen molar-refractivity contribution in [1.82, 2.24) is 9.88 Å². The number of nitrogens with two attached hydrogens (primary N) is 1. The zero-order valence-electron chi connectivity index (χ0n) is 12.4. The van der Waals surface area contributed by atoms with Crippen molar-refractivity contribution in [2.24, 2.45) is 5.73 Å². The van der Waals surface area contributed by atoms with Gasteiger partial charge in [0.2, 0.25) is 5.91 Å². The largest absolute Gasteiger partial charge is 0.350 e. The second-order valence-electron chi connectivity index (χ2n) is 5.78. The fraction of sp³-hybridized carbons (Fsp3) is 0.438. The lowest BCUT2D eigenvalue weighted by Crippen LogP contribution is -2.44. The van der Waals surface area contributed by atoms with E-state index < -0.39 is 0 Å². The maximum atomic E-state index is 12.1. The van der Waals surface area contributed by atoms with Crippen LogP contribution in [0, 0.1) is 0 Å². The lowest BCUT2D eigenvalue weighted by Gasteiger charge is -2.24. The molecule has 0 bridgehead atoms. The first kappa shape index (κ1) is 14.6. The van der Waals surface area contributed by atoms with Gasteiger partial charge in [-0.15, -0.1) is 0 Å². The summed E-state index contributed by atoms with van der Waals surface area (Å²) >= 11 is 0. The van der Waals surface area contributed by atoms with Crippen LogP contribution in [-0.4, -0.2) is 16.0 Å². The maximum Gasteiger partial charge on any atom is 0.240 e. The average molecular weight is 273 g/mol. The van der Waals surface area contributed by atoms with Crippen LogP contribution in [0.1, 0.15) is 32.8 Å². The predicted molar refractivity (Wildman–Crippen MR) is 82.3 cm³/mol. The number of nitrogens with zero attached hydrogens (tertiary/aromatic N) is 1. The molecule has 0 radical (unpaired) electrons. The first-order chi connectivity index (χ1) is 9.46. The van der Waals surface area contributed by atoms with E-state index in [9.17, 15) is 4.79 Å². The molecular weight excluding hydrogens is 250 g/mol. The van der Waals surface area contributed by atoms with Crippen LogP contribution in [0.5, 0.6) is 0 Å². The second-order valence-corrected chi connectivity index (χ2v) is 5.78. The average Bonchev–Trinajstić information content (AvgIpc) is 2.81. The van der Waals surface area contributed by atoms with Crippen LogP contribution in [0.3, 0.4) is 0 Å². The molecule has 0 saturated carbocycles. The molecule has 0 fully saturated rings. The number of fused-ring (bicyclic) bond motifs is 1. The molecule has 2 aromatic rings. The van der Waals surface area contributed by atoms with Gasteiger partial charge < -0.3 is 15.6 Å². The number of nitrogens with one attached hydrogen (secondary N) is 1. The molecule has 0 unspecified atom stereocenters. The normalized spacial score (nSPS) is 11.8. The van der Waals surface area contributed by atoms with Crippen molar-refractivity contribution >= 4 is 16.8 Å². The summed E-state index contributed by atoms with van der Waals surface area (Å²) in [5.41, 5.74) is 7.74. The van der Waals surface area contributed by atoms with Crippen molar-refractivity contribution in [3.8, 4) is 0 Å². The highest BCUT2D eigenvalue weighted by atomic mass is 16.2. The Morgan fingerprint density at radius 1 is 1.35 bits per heavy atom. The van der Waals surface area contributed by atoms with E-state index in [1.807, 2.05) is 48.9 Å². The van der Waals surface area contributed by atoms with Crippen LogP contribution >= 0.6 is 0 Å². The monoisotopic (exact) mass is 273 g/mol. The van der Waals surface area contributed by atoms with E-state index in [1.165, 1.54) is 0 Å². The molecule has 20 heavy (non-hydrogen) atoms. The number of rotatable bonds is 5. The van der Waals surface area contributed by atoms with E-state index in [2.05, 4.69) is 12.2 Å². The molecule has 0 aliphatic heterocycles. The number of amides is 1. The first-order valence-electron chi connectivity index (χ1n) is 7.04. The third-order valence-corrected chi connectivity index (χ3v) is 3.80. The number of aromatic nitrogens is 1. The van der Waals surface area contributed by atoms with Crippen molar-refractivity contribution < 1.29 is 4.79 Å². The minimum Gasteiger partial charge on any atom is -0.350 e. The lowest BCUT2D eigenvalue weighted by atomic mass is 10.0. The van der Waals surface area contributed by atoms with Gasteiger partial charge in [0, 0.05) is 29.2 Å². The quantitative estimate of drug-likeness (QED) is 0.879. The molecule has 0 saturated heterocycles. The Kier molecular flexibility index (Phi) is 4.14. The highest BCUT2D eigenvalue weighted by Crippen LogP contribution is 2.20. The van der Waals surface area contributed by atoms with Gasteiger partial charge in [-0.2, -0.15) is 0 Å². The van der Waals surface area contributed by atoms with Crippen LogP contribution in [0.25, 0.3) is 10.9 Å². The Balaban J connectivity index is 2.20. The zero-order valence-corrected chi connectivity index (χ0v) is 12.4. The molecule has 1 amide bonds. The molecule has 108 valence electrons. The summed E-state index contributed by atoms with van der Waals surface area (Å²) in [5.74, 6) is 0.0347. The van der Waals surface area contributed by atoms with Gasteiger partial charge in [0.15, 0.2) is 0 Å². The number of hydrogen-bond donors (Lipinski definition) is 2. The van der Waals surface area contributed by atoms with Gasteiger partial charge in [-0.3, -0.25) is 4.79 Å². The van der Waals surface area contributed by atoms with Crippen LogP contribution in [-0.2, 0) is 17.9 Å².